The van der Waals surface area contributed by atoms with Gasteiger partial charge in [0.25, 0.3) is 0 Å². The summed E-state index contributed by atoms with van der Waals surface area (Å²) in [4.78, 5) is 0. The lowest BCUT2D eigenvalue weighted by molar-refractivity contribution is 0.380. The summed E-state index contributed by atoms with van der Waals surface area (Å²) >= 11 is 48.0. The molecule has 0 aliphatic carbocycles. The number of thioether (sulfide) groups is 1. The maximum Gasteiger partial charge on any atom is 0.343 e. The third kappa shape index (κ3) is 10.9. The molecule has 0 aliphatic rings. The number of rotatable bonds is 28. The topological polar surface area (TPSA) is 52.0 Å². The Bertz CT molecular complexity index is 1140. The fraction of sp³-hybridized carbons (Fsp3) is 1.00. The summed E-state index contributed by atoms with van der Waals surface area (Å²) < 4.78 is -0.928. The van der Waals surface area contributed by atoms with Gasteiger partial charge in [-0.3, -0.25) is 0 Å². The van der Waals surface area contributed by atoms with Crippen molar-refractivity contribution < 1.29 is 0 Å². The van der Waals surface area contributed by atoms with Gasteiger partial charge in [0.05, 0.1) is 32.3 Å². The molecule has 0 aromatic carbocycles. The van der Waals surface area contributed by atoms with Crippen molar-refractivity contribution in [1.82, 2.24) is 0 Å². The van der Waals surface area contributed by atoms with Crippen LogP contribution in [0.1, 0.15) is 206 Å². The van der Waals surface area contributed by atoms with Crippen molar-refractivity contribution >= 4 is 123 Å². The van der Waals surface area contributed by atoms with Crippen LogP contribution in [0, 0.1) is 0 Å². The SMILES string of the molecule is CCCC(N)(C[Si](Cl)(Cl)Cl)C(SC(C(N)(CCC)C[Si](Cl)(Cl)Cl)([Si](C(C)C)(C(C)C)C(C)C)[Si](C(C)C)(C(C)C)C(C)C)([Si](C(C)C)(C(C)C)C(C)C)[Si](C(C)C)(C(C)C)C(C)C. The minimum Gasteiger partial charge on any atom is -0.325 e. The summed E-state index contributed by atoms with van der Waals surface area (Å²) in [6.45, 7) is 66.9. The number of hydrogen-bond donors (Lipinski definition) is 2. The van der Waals surface area contributed by atoms with Crippen molar-refractivity contribution in [3.8, 4) is 0 Å². The lowest BCUT2D eigenvalue weighted by Gasteiger charge is -2.80. The smallest absolute Gasteiger partial charge is 0.325 e. The molecule has 2 nitrogen and oxygen atoms in total. The second-order valence-corrected chi connectivity index (χ2v) is 70.9. The zero-order valence-corrected chi connectivity index (χ0v) is 57.4. The highest BCUT2D eigenvalue weighted by molar-refractivity contribution is 8.10. The molecule has 0 fully saturated rings. The number of nitrogens with two attached hydrogens (primary N) is 2. The molecule has 380 valence electrons. The molecular formula is C48H106Cl6N2SSi6. The van der Waals surface area contributed by atoms with E-state index in [0.29, 0.717) is 78.6 Å². The van der Waals surface area contributed by atoms with Gasteiger partial charge >= 0.3 is 12.0 Å². The molecule has 2 atom stereocenters. The second-order valence-electron chi connectivity index (χ2n) is 24.4. The Morgan fingerprint density at radius 3 is 0.571 bits per heavy atom. The van der Waals surface area contributed by atoms with Crippen LogP contribution in [-0.4, -0.2) is 63.4 Å². The monoisotopic (exact) mass is 1120 g/mol. The van der Waals surface area contributed by atoms with Gasteiger partial charge in [0, 0.05) is 31.2 Å². The van der Waals surface area contributed by atoms with Crippen molar-refractivity contribution in [3.05, 3.63) is 0 Å². The minimum atomic E-state index is -3.45. The lowest BCUT2D eigenvalue weighted by Crippen LogP contribution is -2.93. The van der Waals surface area contributed by atoms with Crippen LogP contribution in [0.3, 0.4) is 0 Å². The lowest BCUT2D eigenvalue weighted by atomic mass is 9.98. The van der Waals surface area contributed by atoms with Crippen LogP contribution in [0.15, 0.2) is 0 Å². The molecule has 0 saturated carbocycles. The van der Waals surface area contributed by atoms with E-state index in [1.54, 1.807) is 0 Å². The van der Waals surface area contributed by atoms with Gasteiger partial charge in [0.2, 0.25) is 0 Å². The van der Waals surface area contributed by atoms with Gasteiger partial charge in [-0.15, -0.1) is 66.5 Å². The number of halogens is 6. The van der Waals surface area contributed by atoms with E-state index >= 15 is 0 Å². The third-order valence-corrected chi connectivity index (χ3v) is 64.4. The molecule has 0 bridgehead atoms. The van der Waals surface area contributed by atoms with Crippen LogP contribution in [0.2, 0.25) is 78.6 Å². The van der Waals surface area contributed by atoms with Gasteiger partial charge in [-0.25, -0.2) is 0 Å². The summed E-state index contributed by atoms with van der Waals surface area (Å²) in [6.07, 6.45) is 3.40. The summed E-state index contributed by atoms with van der Waals surface area (Å²) in [6, 6.07) is -6.04. The van der Waals surface area contributed by atoms with Gasteiger partial charge in [-0.2, -0.15) is 11.8 Å². The minimum absolute atomic E-state index is 0.366. The van der Waals surface area contributed by atoms with E-state index in [1.165, 1.54) is 0 Å². The fourth-order valence-corrected chi connectivity index (χ4v) is 88.1. The summed E-state index contributed by atoms with van der Waals surface area (Å²) in [5.41, 5.74) is 21.0. The van der Waals surface area contributed by atoms with Crippen molar-refractivity contribution in [1.29, 1.82) is 0 Å². The molecule has 0 heterocycles. The Hall–Kier alpha value is 3.31. The van der Waals surface area contributed by atoms with E-state index < -0.39 is 63.4 Å². The van der Waals surface area contributed by atoms with Crippen LogP contribution in [0.5, 0.6) is 0 Å². The molecule has 0 spiro atoms. The van der Waals surface area contributed by atoms with E-state index in [0.717, 1.165) is 25.7 Å². The largest absolute Gasteiger partial charge is 0.343 e. The third-order valence-electron chi connectivity index (χ3n) is 18.0. The zero-order chi connectivity index (χ0) is 50.9. The van der Waals surface area contributed by atoms with E-state index in [-0.39, 0.29) is 0 Å². The van der Waals surface area contributed by atoms with Crippen LogP contribution in [0.4, 0.5) is 0 Å². The molecule has 0 aliphatic heterocycles. The van der Waals surface area contributed by atoms with E-state index in [1.807, 2.05) is 0 Å². The Morgan fingerprint density at radius 2 is 0.476 bits per heavy atom. The van der Waals surface area contributed by atoms with Gasteiger partial charge in [-0.05, 0) is 79.3 Å². The molecule has 0 aromatic rings. The Kier molecular flexibility index (Phi) is 25.2. The highest BCUT2D eigenvalue weighted by atomic mass is 35.8. The number of hydrogen-bond acceptors (Lipinski definition) is 3. The zero-order valence-electron chi connectivity index (χ0n) is 46.0. The Balaban J connectivity index is 12.1. The summed E-state index contributed by atoms with van der Waals surface area (Å²) in [5.74, 6) is 0. The van der Waals surface area contributed by atoms with E-state index in [4.69, 9.17) is 77.9 Å². The molecule has 0 saturated heterocycles. The van der Waals surface area contributed by atoms with Gasteiger partial charge in [0.15, 0.2) is 0 Å². The predicted molar refractivity (Wildman–Crippen MR) is 317 cm³/mol. The molecule has 15 heteroatoms. The Morgan fingerprint density at radius 1 is 0.333 bits per heavy atom. The predicted octanol–water partition coefficient (Wildman–Crippen LogP) is 20.4. The van der Waals surface area contributed by atoms with Crippen LogP contribution >= 0.6 is 78.2 Å². The van der Waals surface area contributed by atoms with Gasteiger partial charge in [0.1, 0.15) is 0 Å². The van der Waals surface area contributed by atoms with Crippen molar-refractivity contribution in [3.63, 3.8) is 0 Å². The highest BCUT2D eigenvalue weighted by Crippen LogP contribution is 2.78. The van der Waals surface area contributed by atoms with Crippen LogP contribution < -0.4 is 11.5 Å². The molecule has 2 unspecified atom stereocenters. The van der Waals surface area contributed by atoms with Crippen LogP contribution in [-0.2, 0) is 0 Å². The molecule has 0 aromatic heterocycles. The van der Waals surface area contributed by atoms with E-state index in [9.17, 15) is 0 Å². The van der Waals surface area contributed by atoms with Crippen LogP contribution in [0.25, 0.3) is 0 Å². The quantitative estimate of drug-likeness (QED) is 0.0606. The van der Waals surface area contributed by atoms with E-state index in [2.05, 4.69) is 192 Å². The second kappa shape index (κ2) is 23.9. The molecule has 0 radical (unpaired) electrons. The maximum absolute atomic E-state index is 9.12. The molecule has 4 N–H and O–H groups in total. The summed E-state index contributed by atoms with van der Waals surface area (Å²) in [5, 5.41) is 0. The first kappa shape index (κ1) is 66.3. The molecule has 0 amide bonds. The van der Waals surface area contributed by atoms with Crippen molar-refractivity contribution in [2.24, 2.45) is 11.5 Å². The van der Waals surface area contributed by atoms with Gasteiger partial charge < -0.3 is 11.5 Å². The summed E-state index contributed by atoms with van der Waals surface area (Å²) in [7, 11) is -11.6. The van der Waals surface area contributed by atoms with Crippen molar-refractivity contribution in [2.45, 2.75) is 303 Å². The molecule has 63 heavy (non-hydrogen) atoms. The normalized spacial score (nSPS) is 17.2. The first-order valence-electron chi connectivity index (χ1n) is 25.5. The van der Waals surface area contributed by atoms with Gasteiger partial charge in [-0.1, -0.05) is 193 Å². The standard InChI is InChI=1S/C48H106Cl6N2SSi6/c1-27-29-45(55,31-58(49,50)51)47(60(33(3)4,34(5)6)35(7)8,61(36(9)10,37(11)12)38(13)14)57-48(46(56,30-28-2)32-59(52,53)54,62(39(15)16,40(17)18)41(19)20)63(42(21)22,43(23)24)44(25)26/h33-44H,27-32,55-56H2,1-26H3. The molecule has 0 rings (SSSR count). The first-order chi connectivity index (χ1) is 28.1. The molecular weight excluding hydrogens is 1020 g/mol. The van der Waals surface area contributed by atoms with Crippen molar-refractivity contribution in [2.75, 3.05) is 0 Å². The highest BCUT2D eigenvalue weighted by Gasteiger charge is 2.84. The average molecular weight is 1120 g/mol. The fourth-order valence-electron chi connectivity index (χ4n) is 18.5. The first-order valence-corrected chi connectivity index (χ1v) is 45.7. The Labute approximate surface area is 433 Å². The maximum atomic E-state index is 9.12. The average Bonchev–Trinajstić information content (AvgIpc) is 3.01.